The number of hydrogen-bond acceptors (Lipinski definition) is 9. The van der Waals surface area contributed by atoms with Gasteiger partial charge in [0.25, 0.3) is 5.88 Å². The molecule has 13 heteroatoms. The average Bonchev–Trinajstić information content (AvgIpc) is 3.61. The SMILES string of the molecule is COc1c(Nc2ccc(N/C=N\C=N)cc2F)ncnc1OC1CC2COCC(C1)N2C(=O)OC1(C)CC1. The number of carbonyl (C=O) groups is 1. The molecule has 5 rings (SSSR count). The lowest BCUT2D eigenvalue weighted by molar-refractivity contribution is -0.0957. The molecule has 2 unspecified atom stereocenters. The van der Waals surface area contributed by atoms with E-state index in [4.69, 9.17) is 24.4 Å². The number of anilines is 3. The highest BCUT2D eigenvalue weighted by Crippen LogP contribution is 2.41. The Kier molecular flexibility index (Phi) is 7.27. The first-order chi connectivity index (χ1) is 18.4. The van der Waals surface area contributed by atoms with Gasteiger partial charge in [0.2, 0.25) is 5.75 Å². The zero-order valence-corrected chi connectivity index (χ0v) is 21.1. The van der Waals surface area contributed by atoms with Crippen LogP contribution in [0.5, 0.6) is 11.6 Å². The van der Waals surface area contributed by atoms with E-state index >= 15 is 0 Å². The summed E-state index contributed by atoms with van der Waals surface area (Å²) in [7, 11) is 1.46. The number of morpholine rings is 1. The Hall–Kier alpha value is -4.00. The molecular weight excluding hydrogens is 497 g/mol. The highest BCUT2D eigenvalue weighted by atomic mass is 19.1. The molecule has 2 bridgehead atoms. The summed E-state index contributed by atoms with van der Waals surface area (Å²) < 4.78 is 38.0. The van der Waals surface area contributed by atoms with Crippen molar-refractivity contribution in [2.24, 2.45) is 4.99 Å². The van der Waals surface area contributed by atoms with Crippen LogP contribution in [-0.4, -0.2) is 77.8 Å². The second-order valence-corrected chi connectivity index (χ2v) is 9.71. The zero-order valence-electron chi connectivity index (χ0n) is 21.1. The van der Waals surface area contributed by atoms with Crippen molar-refractivity contribution in [3.05, 3.63) is 30.3 Å². The number of ether oxygens (including phenoxy) is 4. The van der Waals surface area contributed by atoms with Crippen LogP contribution >= 0.6 is 0 Å². The van der Waals surface area contributed by atoms with Crippen molar-refractivity contribution < 1.29 is 28.1 Å². The Balaban J connectivity index is 1.28. The van der Waals surface area contributed by atoms with Crippen molar-refractivity contribution in [2.45, 2.75) is 56.4 Å². The third-order valence-electron chi connectivity index (χ3n) is 6.83. The molecular formula is C25H30FN7O5. The van der Waals surface area contributed by atoms with E-state index in [-0.39, 0.29) is 53.0 Å². The van der Waals surface area contributed by atoms with Crippen LogP contribution in [0.2, 0.25) is 0 Å². The van der Waals surface area contributed by atoms with Gasteiger partial charge in [-0.15, -0.1) is 0 Å². The Labute approximate surface area is 219 Å². The molecule has 38 heavy (non-hydrogen) atoms. The van der Waals surface area contributed by atoms with Crippen molar-refractivity contribution >= 4 is 36.0 Å². The van der Waals surface area contributed by atoms with E-state index in [2.05, 4.69) is 25.6 Å². The van der Waals surface area contributed by atoms with E-state index in [0.29, 0.717) is 31.7 Å². The van der Waals surface area contributed by atoms with Gasteiger partial charge >= 0.3 is 6.09 Å². The summed E-state index contributed by atoms with van der Waals surface area (Å²) in [6, 6.07) is 4.13. The Morgan fingerprint density at radius 2 is 2.05 bits per heavy atom. The standard InChI is InChI=1S/C25H30FN7O5/c1-25(5-6-25)38-24(34)33-16-8-18(9-17(33)11-36-10-16)37-23-21(35-2)22(30-14-31-23)32-20-4-3-15(7-19(20)26)29-13-28-12-27/h3-4,7,12-14,16-18H,5-6,8-11H2,1-2H3,(H2,27,28,29)(H,30,31,32). The highest BCUT2D eigenvalue weighted by molar-refractivity contribution is 5.82. The van der Waals surface area contributed by atoms with E-state index in [9.17, 15) is 9.18 Å². The van der Waals surface area contributed by atoms with Crippen LogP contribution in [0.3, 0.4) is 0 Å². The van der Waals surface area contributed by atoms with Crippen molar-refractivity contribution in [3.63, 3.8) is 0 Å². The Bertz CT molecular complexity index is 1210. The molecule has 1 aromatic carbocycles. The lowest BCUT2D eigenvalue weighted by Gasteiger charge is -2.47. The second-order valence-electron chi connectivity index (χ2n) is 9.71. The molecule has 2 atom stereocenters. The molecule has 1 aromatic heterocycles. The summed E-state index contributed by atoms with van der Waals surface area (Å²) in [5.74, 6) is 0.160. The number of amides is 1. The number of rotatable bonds is 9. The number of piperidine rings is 1. The fourth-order valence-corrected chi connectivity index (χ4v) is 4.66. The minimum atomic E-state index is -0.534. The van der Waals surface area contributed by atoms with E-state index in [1.165, 1.54) is 31.9 Å². The number of aromatic nitrogens is 2. The third-order valence-corrected chi connectivity index (χ3v) is 6.83. The average molecular weight is 528 g/mol. The number of halogens is 1. The van der Waals surface area contributed by atoms with Gasteiger partial charge in [0.15, 0.2) is 5.82 Å². The Morgan fingerprint density at radius 1 is 1.29 bits per heavy atom. The fraction of sp³-hybridized carbons (Fsp3) is 0.480. The summed E-state index contributed by atoms with van der Waals surface area (Å²) in [6.07, 6.45) is 5.80. The first kappa shape index (κ1) is 25.6. The molecule has 1 amide bonds. The third kappa shape index (κ3) is 5.62. The van der Waals surface area contributed by atoms with E-state index < -0.39 is 5.82 Å². The van der Waals surface area contributed by atoms with Crippen molar-refractivity contribution in [1.82, 2.24) is 14.9 Å². The van der Waals surface area contributed by atoms with Crippen LogP contribution in [0.25, 0.3) is 0 Å². The predicted molar refractivity (Wildman–Crippen MR) is 137 cm³/mol. The maximum absolute atomic E-state index is 14.7. The van der Waals surface area contributed by atoms with Gasteiger partial charge in [-0.05, 0) is 38.0 Å². The summed E-state index contributed by atoms with van der Waals surface area (Å²) in [4.78, 5) is 26.7. The number of hydrogen-bond donors (Lipinski definition) is 3. The normalized spacial score (nSPS) is 23.4. The van der Waals surface area contributed by atoms with Gasteiger partial charge in [-0.2, -0.15) is 4.98 Å². The van der Waals surface area contributed by atoms with Crippen LogP contribution in [0, 0.1) is 11.2 Å². The van der Waals surface area contributed by atoms with Crippen LogP contribution in [-0.2, 0) is 9.47 Å². The first-order valence-electron chi connectivity index (χ1n) is 12.4. The number of carbonyl (C=O) groups excluding carboxylic acids is 1. The summed E-state index contributed by atoms with van der Waals surface area (Å²) in [5, 5.41) is 12.6. The van der Waals surface area contributed by atoms with Gasteiger partial charge in [0, 0.05) is 18.5 Å². The van der Waals surface area contributed by atoms with Gasteiger partial charge in [0.1, 0.15) is 30.2 Å². The van der Waals surface area contributed by atoms with Gasteiger partial charge < -0.3 is 29.6 Å². The number of methoxy groups -OCH3 is 1. The number of benzene rings is 1. The Morgan fingerprint density at radius 3 is 2.71 bits per heavy atom. The van der Waals surface area contributed by atoms with E-state index in [0.717, 1.165) is 19.2 Å². The van der Waals surface area contributed by atoms with Crippen molar-refractivity contribution in [1.29, 1.82) is 5.41 Å². The quantitative estimate of drug-likeness (QED) is 0.328. The fourth-order valence-electron chi connectivity index (χ4n) is 4.66. The molecule has 0 radical (unpaired) electrons. The predicted octanol–water partition coefficient (Wildman–Crippen LogP) is 3.71. The molecule has 3 heterocycles. The van der Waals surface area contributed by atoms with Crippen molar-refractivity contribution in [2.75, 3.05) is 31.0 Å². The molecule has 3 fully saturated rings. The van der Waals surface area contributed by atoms with Crippen molar-refractivity contribution in [3.8, 4) is 11.6 Å². The van der Waals surface area contributed by atoms with Gasteiger partial charge in [-0.1, -0.05) is 0 Å². The first-order valence-corrected chi connectivity index (χ1v) is 12.4. The zero-order chi connectivity index (χ0) is 26.7. The maximum Gasteiger partial charge on any atom is 0.410 e. The number of fused-ring (bicyclic) bond motifs is 2. The summed E-state index contributed by atoms with van der Waals surface area (Å²) in [5.41, 5.74) is 0.293. The van der Waals surface area contributed by atoms with E-state index in [1.54, 1.807) is 11.0 Å². The summed E-state index contributed by atoms with van der Waals surface area (Å²) >= 11 is 0. The van der Waals surface area contributed by atoms with Crippen LogP contribution in [0.1, 0.15) is 32.6 Å². The molecule has 2 aliphatic heterocycles. The van der Waals surface area contributed by atoms with Gasteiger partial charge in [0.05, 0.1) is 44.4 Å². The molecule has 202 valence electrons. The number of aliphatic imine (C=N–C) groups is 1. The topological polar surface area (TPSA) is 143 Å². The van der Waals surface area contributed by atoms with E-state index in [1.807, 2.05) is 6.92 Å². The molecule has 1 saturated carbocycles. The molecule has 2 aromatic rings. The molecule has 2 saturated heterocycles. The number of nitrogens with zero attached hydrogens (tertiary/aromatic N) is 4. The lowest BCUT2D eigenvalue weighted by atomic mass is 9.92. The largest absolute Gasteiger partial charge is 0.489 e. The molecule has 3 N–H and O–H groups in total. The minimum absolute atomic E-state index is 0.168. The summed E-state index contributed by atoms with van der Waals surface area (Å²) in [6.45, 7) is 2.77. The highest BCUT2D eigenvalue weighted by Gasteiger charge is 2.48. The molecule has 0 spiro atoms. The second kappa shape index (κ2) is 10.8. The van der Waals surface area contributed by atoms with Crippen LogP contribution in [0.4, 0.5) is 26.4 Å². The molecule has 1 aliphatic carbocycles. The molecule has 3 aliphatic rings. The van der Waals surface area contributed by atoms with Gasteiger partial charge in [-0.25, -0.2) is 19.2 Å². The van der Waals surface area contributed by atoms with Crippen LogP contribution < -0.4 is 20.1 Å². The minimum Gasteiger partial charge on any atom is -0.489 e. The maximum atomic E-state index is 14.7. The molecule has 12 nitrogen and oxygen atoms in total. The lowest BCUT2D eigenvalue weighted by Crippen LogP contribution is -2.61. The monoisotopic (exact) mass is 527 g/mol. The van der Waals surface area contributed by atoms with Crippen LogP contribution in [0.15, 0.2) is 29.5 Å². The van der Waals surface area contributed by atoms with Gasteiger partial charge in [-0.3, -0.25) is 10.3 Å². The number of nitrogens with one attached hydrogen (secondary N) is 3. The smallest absolute Gasteiger partial charge is 0.410 e.